The summed E-state index contributed by atoms with van der Waals surface area (Å²) in [5.41, 5.74) is 2.68. The van der Waals surface area contributed by atoms with Crippen molar-refractivity contribution in [3.05, 3.63) is 93.2 Å². The van der Waals surface area contributed by atoms with Gasteiger partial charge in [0.15, 0.2) is 0 Å². The molecule has 32 heavy (non-hydrogen) atoms. The number of ether oxygens (including phenoxy) is 1. The van der Waals surface area contributed by atoms with E-state index in [0.717, 1.165) is 22.2 Å². The van der Waals surface area contributed by atoms with Gasteiger partial charge in [-0.25, -0.2) is 14.0 Å². The molecule has 0 aliphatic rings. The Morgan fingerprint density at radius 1 is 1.00 bits per heavy atom. The van der Waals surface area contributed by atoms with E-state index in [4.69, 9.17) is 27.9 Å². The Morgan fingerprint density at radius 3 is 2.62 bits per heavy atom. The number of pyridine rings is 1. The third-order valence-corrected chi connectivity index (χ3v) is 5.72. The largest absolute Gasteiger partial charge is 0.467 e. The first-order valence-electron chi connectivity index (χ1n) is 9.61. The van der Waals surface area contributed by atoms with Crippen LogP contribution in [-0.2, 0) is 6.54 Å². The maximum atomic E-state index is 13.2. The van der Waals surface area contributed by atoms with Crippen molar-refractivity contribution in [3.63, 3.8) is 0 Å². The summed E-state index contributed by atoms with van der Waals surface area (Å²) in [7, 11) is 1.47. The zero-order valence-corrected chi connectivity index (χ0v) is 18.3. The highest BCUT2D eigenvalue weighted by molar-refractivity contribution is 6.42. The smallest absolute Gasteiger partial charge is 0.353 e. The van der Waals surface area contributed by atoms with Crippen LogP contribution in [0.25, 0.3) is 22.3 Å². The minimum absolute atomic E-state index is 0.187. The molecule has 0 amide bonds. The lowest BCUT2D eigenvalue weighted by Gasteiger charge is -2.05. The molecule has 0 aliphatic heterocycles. The third kappa shape index (κ3) is 3.63. The van der Waals surface area contributed by atoms with Crippen molar-refractivity contribution in [1.29, 1.82) is 0 Å². The summed E-state index contributed by atoms with van der Waals surface area (Å²) in [5.74, 6) is 0. The second-order valence-electron chi connectivity index (χ2n) is 7.04. The predicted octanol–water partition coefficient (Wildman–Crippen LogP) is 4.13. The first kappa shape index (κ1) is 20.3. The Balaban J connectivity index is 1.54. The van der Waals surface area contributed by atoms with Crippen LogP contribution in [0.4, 0.5) is 0 Å². The summed E-state index contributed by atoms with van der Waals surface area (Å²) in [6.45, 7) is 0.236. The summed E-state index contributed by atoms with van der Waals surface area (Å²) in [4.78, 5) is 17.3. The Hall–Kier alpha value is -3.62. The fourth-order valence-corrected chi connectivity index (χ4v) is 3.74. The van der Waals surface area contributed by atoms with E-state index in [9.17, 15) is 4.79 Å². The van der Waals surface area contributed by atoms with Crippen molar-refractivity contribution in [2.75, 3.05) is 7.11 Å². The van der Waals surface area contributed by atoms with E-state index in [0.29, 0.717) is 15.7 Å². The Labute approximate surface area is 192 Å². The lowest BCUT2D eigenvalue weighted by molar-refractivity contribution is 0.357. The molecule has 5 rings (SSSR count). The summed E-state index contributed by atoms with van der Waals surface area (Å²) in [5, 5.41) is 10.6. The Morgan fingerprint density at radius 2 is 1.88 bits per heavy atom. The number of rotatable bonds is 5. The van der Waals surface area contributed by atoms with E-state index < -0.39 is 0 Å². The number of benzene rings is 2. The van der Waals surface area contributed by atoms with E-state index in [1.54, 1.807) is 41.3 Å². The molecule has 0 radical (unpaired) electrons. The van der Waals surface area contributed by atoms with Crippen LogP contribution in [0.1, 0.15) is 5.56 Å². The lowest BCUT2D eigenvalue weighted by atomic mass is 10.2. The van der Waals surface area contributed by atoms with Gasteiger partial charge in [-0.2, -0.15) is 9.78 Å². The molecule has 160 valence electrons. The number of aromatic nitrogens is 6. The summed E-state index contributed by atoms with van der Waals surface area (Å²) in [6, 6.07) is 14.6. The standard InChI is InChI=1S/C22H16Cl2N6O2/c1-32-21-27-30(22(31)28(21)12-14-4-6-18(23)19(24)9-14)16-5-7-20-15(10-16)13-29(26-20)17-3-2-8-25-11-17/h2-11,13H,12H2,1H3. The summed E-state index contributed by atoms with van der Waals surface area (Å²) < 4.78 is 9.83. The molecule has 5 aromatic rings. The van der Waals surface area contributed by atoms with Gasteiger partial charge in [0, 0.05) is 17.8 Å². The molecule has 8 nitrogen and oxygen atoms in total. The summed E-state index contributed by atoms with van der Waals surface area (Å²) in [6.07, 6.45) is 5.32. The average Bonchev–Trinajstić information content (AvgIpc) is 3.37. The van der Waals surface area contributed by atoms with Crippen LogP contribution >= 0.6 is 23.2 Å². The van der Waals surface area contributed by atoms with E-state index in [-0.39, 0.29) is 18.2 Å². The van der Waals surface area contributed by atoms with Crippen molar-refractivity contribution in [2.45, 2.75) is 6.54 Å². The molecule has 3 aromatic heterocycles. The van der Waals surface area contributed by atoms with Gasteiger partial charge < -0.3 is 4.74 Å². The minimum atomic E-state index is -0.341. The number of halogens is 2. The zero-order valence-electron chi connectivity index (χ0n) is 16.8. The van der Waals surface area contributed by atoms with Gasteiger partial charge in [-0.05, 0) is 48.0 Å². The molecule has 3 heterocycles. The highest BCUT2D eigenvalue weighted by Gasteiger charge is 2.17. The molecule has 0 saturated heterocycles. The van der Waals surface area contributed by atoms with Gasteiger partial charge >= 0.3 is 11.7 Å². The topological polar surface area (TPSA) is 79.8 Å². The molecular weight excluding hydrogens is 451 g/mol. The molecule has 0 unspecified atom stereocenters. The second-order valence-corrected chi connectivity index (χ2v) is 7.86. The first-order valence-corrected chi connectivity index (χ1v) is 10.4. The molecule has 2 aromatic carbocycles. The number of nitrogens with zero attached hydrogens (tertiary/aromatic N) is 6. The Bertz CT molecular complexity index is 1490. The highest BCUT2D eigenvalue weighted by Crippen LogP contribution is 2.24. The van der Waals surface area contributed by atoms with Gasteiger partial charge in [0.2, 0.25) is 0 Å². The van der Waals surface area contributed by atoms with Gasteiger partial charge in [-0.15, -0.1) is 5.10 Å². The van der Waals surface area contributed by atoms with Crippen LogP contribution < -0.4 is 10.4 Å². The predicted molar refractivity (Wildman–Crippen MR) is 122 cm³/mol. The number of fused-ring (bicyclic) bond motifs is 1. The zero-order chi connectivity index (χ0) is 22.2. The molecule has 0 bridgehead atoms. The molecule has 0 spiro atoms. The molecule has 10 heteroatoms. The average molecular weight is 467 g/mol. The van der Waals surface area contributed by atoms with Crippen LogP contribution in [-0.4, -0.2) is 36.2 Å². The monoisotopic (exact) mass is 466 g/mol. The molecular formula is C22H16Cl2N6O2. The molecule has 0 aliphatic carbocycles. The maximum Gasteiger partial charge on any atom is 0.353 e. The quantitative estimate of drug-likeness (QED) is 0.389. The minimum Gasteiger partial charge on any atom is -0.467 e. The van der Waals surface area contributed by atoms with Crippen LogP contribution in [0.15, 0.2) is 71.9 Å². The van der Waals surface area contributed by atoms with Gasteiger partial charge in [-0.3, -0.25) is 4.98 Å². The Kier molecular flexibility index (Phi) is 5.16. The normalized spacial score (nSPS) is 11.2. The SMILES string of the molecule is COc1nn(-c2ccc3nn(-c4cccnc4)cc3c2)c(=O)n1Cc1ccc(Cl)c(Cl)c1. The van der Waals surface area contributed by atoms with Crippen molar-refractivity contribution in [1.82, 2.24) is 29.1 Å². The van der Waals surface area contributed by atoms with Crippen molar-refractivity contribution in [3.8, 4) is 17.4 Å². The first-order chi connectivity index (χ1) is 15.5. The maximum absolute atomic E-state index is 13.2. The van der Waals surface area contributed by atoms with E-state index in [1.165, 1.54) is 16.4 Å². The third-order valence-electron chi connectivity index (χ3n) is 4.98. The fourth-order valence-electron chi connectivity index (χ4n) is 3.42. The van der Waals surface area contributed by atoms with E-state index >= 15 is 0 Å². The van der Waals surface area contributed by atoms with Crippen molar-refractivity contribution < 1.29 is 4.74 Å². The van der Waals surface area contributed by atoms with Crippen LogP contribution in [0, 0.1) is 0 Å². The van der Waals surface area contributed by atoms with Gasteiger partial charge in [-0.1, -0.05) is 29.3 Å². The van der Waals surface area contributed by atoms with Crippen molar-refractivity contribution >= 4 is 34.1 Å². The lowest BCUT2D eigenvalue weighted by Crippen LogP contribution is -2.24. The van der Waals surface area contributed by atoms with Crippen LogP contribution in [0.3, 0.4) is 0 Å². The number of methoxy groups -OCH3 is 1. The fraction of sp³-hybridized carbons (Fsp3) is 0.0909. The molecule has 0 atom stereocenters. The van der Waals surface area contributed by atoms with Crippen LogP contribution in [0.2, 0.25) is 10.0 Å². The number of hydrogen-bond acceptors (Lipinski definition) is 5. The highest BCUT2D eigenvalue weighted by atomic mass is 35.5. The summed E-state index contributed by atoms with van der Waals surface area (Å²) >= 11 is 12.1. The second kappa shape index (κ2) is 8.14. The van der Waals surface area contributed by atoms with Crippen LogP contribution in [0.5, 0.6) is 6.01 Å². The van der Waals surface area contributed by atoms with Gasteiger partial charge in [0.1, 0.15) is 0 Å². The van der Waals surface area contributed by atoms with E-state index in [2.05, 4.69) is 15.2 Å². The van der Waals surface area contributed by atoms with Gasteiger partial charge in [0.05, 0.1) is 46.8 Å². The van der Waals surface area contributed by atoms with E-state index in [1.807, 2.05) is 30.5 Å². The number of hydrogen-bond donors (Lipinski definition) is 0. The van der Waals surface area contributed by atoms with Crippen molar-refractivity contribution in [2.24, 2.45) is 0 Å². The molecule has 0 fully saturated rings. The van der Waals surface area contributed by atoms with Gasteiger partial charge in [0.25, 0.3) is 0 Å². The molecule has 0 saturated carbocycles. The molecule has 0 N–H and O–H groups in total.